The van der Waals surface area contributed by atoms with Crippen LogP contribution in [0.4, 0.5) is 0 Å². The van der Waals surface area contributed by atoms with Crippen LogP contribution in [0.1, 0.15) is 71.6 Å². The van der Waals surface area contributed by atoms with E-state index in [4.69, 9.17) is 9.84 Å². The van der Waals surface area contributed by atoms with Gasteiger partial charge in [0.25, 0.3) is 0 Å². The zero-order chi connectivity index (χ0) is 22.4. The fraction of sp³-hybridized carbons (Fsp3) is 0.870. The minimum absolute atomic E-state index is 0.117. The fourth-order valence-electron chi connectivity index (χ4n) is 5.61. The molecule has 3 saturated heterocycles. The molecule has 3 heterocycles. The number of hydrogen-bond acceptors (Lipinski definition) is 5. The van der Waals surface area contributed by atoms with E-state index in [-0.39, 0.29) is 30.4 Å². The molecule has 0 aromatic heterocycles. The second-order valence-corrected chi connectivity index (χ2v) is 9.16. The molecule has 176 valence electrons. The number of aliphatic hydroxyl groups is 1. The molecule has 3 fully saturated rings. The standard InChI is InChI=1S/C23H39N3O5/c1-3-5-7-13-25-21(29)19-23-11-10-16(31-23)17(20(28)24-12-4-2)18(23)22(30)26(19)14-8-6-9-15-27/h16-19,27H,3-15H2,1-2H3,(H,24,28)(H,25,29)/t16-,17+,18+,19?,23?/m1/s1. The van der Waals surface area contributed by atoms with Crippen LogP contribution in [-0.4, -0.2) is 71.7 Å². The highest BCUT2D eigenvalue weighted by Crippen LogP contribution is 2.58. The molecule has 0 radical (unpaired) electrons. The van der Waals surface area contributed by atoms with E-state index in [0.29, 0.717) is 45.3 Å². The molecule has 31 heavy (non-hydrogen) atoms. The summed E-state index contributed by atoms with van der Waals surface area (Å²) in [5.74, 6) is -1.53. The average molecular weight is 438 g/mol. The first-order valence-corrected chi connectivity index (χ1v) is 12.2. The average Bonchev–Trinajstić information content (AvgIpc) is 3.40. The van der Waals surface area contributed by atoms with Crippen molar-refractivity contribution in [2.75, 3.05) is 26.2 Å². The summed E-state index contributed by atoms with van der Waals surface area (Å²) in [6.07, 6.45) is 7.05. The van der Waals surface area contributed by atoms with E-state index in [1.54, 1.807) is 4.90 Å². The third-order valence-corrected chi connectivity index (χ3v) is 7.04. The van der Waals surface area contributed by atoms with Gasteiger partial charge in [-0.2, -0.15) is 0 Å². The Morgan fingerprint density at radius 2 is 1.84 bits per heavy atom. The Hall–Kier alpha value is -1.67. The Bertz CT molecular complexity index is 657. The minimum Gasteiger partial charge on any atom is -0.396 e. The molecule has 3 rings (SSSR count). The van der Waals surface area contributed by atoms with Crippen LogP contribution in [0, 0.1) is 11.8 Å². The molecule has 3 aliphatic rings. The lowest BCUT2D eigenvalue weighted by molar-refractivity contribution is -0.142. The molecule has 1 spiro atoms. The van der Waals surface area contributed by atoms with Crippen LogP contribution in [0.3, 0.4) is 0 Å². The maximum Gasteiger partial charge on any atom is 0.245 e. The number of carbonyl (C=O) groups excluding carboxylic acids is 3. The van der Waals surface area contributed by atoms with Crippen LogP contribution in [0.15, 0.2) is 0 Å². The Morgan fingerprint density at radius 1 is 1.06 bits per heavy atom. The molecule has 0 aromatic carbocycles. The van der Waals surface area contributed by atoms with Crippen molar-refractivity contribution >= 4 is 17.7 Å². The first-order valence-electron chi connectivity index (χ1n) is 12.2. The maximum absolute atomic E-state index is 13.6. The van der Waals surface area contributed by atoms with E-state index < -0.39 is 23.5 Å². The van der Waals surface area contributed by atoms with Crippen LogP contribution < -0.4 is 10.6 Å². The molecular weight excluding hydrogens is 398 g/mol. The number of likely N-dealkylation sites (tertiary alicyclic amines) is 1. The fourth-order valence-corrected chi connectivity index (χ4v) is 5.61. The van der Waals surface area contributed by atoms with Crippen molar-refractivity contribution in [2.45, 2.75) is 89.4 Å². The summed E-state index contributed by atoms with van der Waals surface area (Å²) in [4.78, 5) is 41.4. The van der Waals surface area contributed by atoms with Gasteiger partial charge in [0, 0.05) is 26.2 Å². The van der Waals surface area contributed by atoms with Gasteiger partial charge in [-0.25, -0.2) is 0 Å². The Balaban J connectivity index is 1.81. The summed E-state index contributed by atoms with van der Waals surface area (Å²) in [6.45, 7) is 5.83. The van der Waals surface area contributed by atoms with Crippen molar-refractivity contribution in [3.63, 3.8) is 0 Å². The summed E-state index contributed by atoms with van der Waals surface area (Å²) in [6, 6.07) is -0.685. The summed E-state index contributed by atoms with van der Waals surface area (Å²) in [5.41, 5.74) is -0.901. The molecule has 2 bridgehead atoms. The van der Waals surface area contributed by atoms with E-state index in [0.717, 1.165) is 32.1 Å². The van der Waals surface area contributed by atoms with E-state index >= 15 is 0 Å². The number of fused-ring (bicyclic) bond motifs is 1. The number of carbonyl (C=O) groups is 3. The predicted octanol–water partition coefficient (Wildman–Crippen LogP) is 1.36. The highest BCUT2D eigenvalue weighted by atomic mass is 16.5. The Labute approximate surface area is 185 Å². The van der Waals surface area contributed by atoms with Gasteiger partial charge >= 0.3 is 0 Å². The monoisotopic (exact) mass is 437 g/mol. The van der Waals surface area contributed by atoms with Gasteiger partial charge in [-0.15, -0.1) is 0 Å². The molecule has 0 aliphatic carbocycles. The second-order valence-electron chi connectivity index (χ2n) is 9.16. The maximum atomic E-state index is 13.6. The molecule has 3 amide bonds. The predicted molar refractivity (Wildman–Crippen MR) is 116 cm³/mol. The first kappa shape index (κ1) is 24.0. The van der Waals surface area contributed by atoms with Crippen LogP contribution in [0.25, 0.3) is 0 Å². The van der Waals surface area contributed by atoms with Crippen LogP contribution in [-0.2, 0) is 19.1 Å². The molecular formula is C23H39N3O5. The van der Waals surface area contributed by atoms with Crippen molar-refractivity contribution in [1.29, 1.82) is 0 Å². The van der Waals surface area contributed by atoms with E-state index in [2.05, 4.69) is 17.6 Å². The number of unbranched alkanes of at least 4 members (excludes halogenated alkanes) is 4. The minimum atomic E-state index is -0.901. The van der Waals surface area contributed by atoms with Crippen molar-refractivity contribution in [3.05, 3.63) is 0 Å². The molecule has 0 aromatic rings. The van der Waals surface area contributed by atoms with Gasteiger partial charge in [0.2, 0.25) is 17.7 Å². The highest BCUT2D eigenvalue weighted by Gasteiger charge is 2.74. The molecule has 0 saturated carbocycles. The Kier molecular flexibility index (Phi) is 8.33. The van der Waals surface area contributed by atoms with Gasteiger partial charge in [-0.3, -0.25) is 14.4 Å². The topological polar surface area (TPSA) is 108 Å². The number of hydrogen-bond donors (Lipinski definition) is 3. The number of ether oxygens (including phenoxy) is 1. The number of rotatable bonds is 13. The molecule has 8 heteroatoms. The molecule has 3 N–H and O–H groups in total. The molecule has 5 atom stereocenters. The number of nitrogens with one attached hydrogen (secondary N) is 2. The van der Waals surface area contributed by atoms with E-state index in [1.165, 1.54) is 0 Å². The summed E-state index contributed by atoms with van der Waals surface area (Å²) in [7, 11) is 0. The number of amides is 3. The zero-order valence-electron chi connectivity index (χ0n) is 19.0. The van der Waals surface area contributed by atoms with Gasteiger partial charge in [-0.1, -0.05) is 26.7 Å². The van der Waals surface area contributed by atoms with Crippen molar-refractivity contribution in [2.24, 2.45) is 11.8 Å². The summed E-state index contributed by atoms with van der Waals surface area (Å²) >= 11 is 0. The zero-order valence-corrected chi connectivity index (χ0v) is 19.0. The lowest BCUT2D eigenvalue weighted by Crippen LogP contribution is -2.55. The van der Waals surface area contributed by atoms with Crippen LogP contribution in [0.5, 0.6) is 0 Å². The first-order chi connectivity index (χ1) is 15.0. The molecule has 3 aliphatic heterocycles. The third-order valence-electron chi connectivity index (χ3n) is 7.04. The second kappa shape index (κ2) is 10.8. The van der Waals surface area contributed by atoms with Gasteiger partial charge in [-0.05, 0) is 44.9 Å². The van der Waals surface area contributed by atoms with Crippen molar-refractivity contribution in [3.8, 4) is 0 Å². The van der Waals surface area contributed by atoms with Crippen LogP contribution in [0.2, 0.25) is 0 Å². The van der Waals surface area contributed by atoms with Gasteiger partial charge in [0.1, 0.15) is 11.6 Å². The lowest BCUT2D eigenvalue weighted by atomic mass is 9.70. The SMILES string of the molecule is CCCCCNC(=O)C1N(CCCCCO)C(=O)[C@@H]2[C@@H](C(=O)NCCC)[C@H]3CCC12O3. The van der Waals surface area contributed by atoms with E-state index in [9.17, 15) is 14.4 Å². The largest absolute Gasteiger partial charge is 0.396 e. The van der Waals surface area contributed by atoms with Gasteiger partial charge in [0.05, 0.1) is 17.9 Å². The van der Waals surface area contributed by atoms with Crippen molar-refractivity contribution in [1.82, 2.24) is 15.5 Å². The van der Waals surface area contributed by atoms with E-state index in [1.807, 2.05) is 6.92 Å². The van der Waals surface area contributed by atoms with Gasteiger partial charge in [0.15, 0.2) is 0 Å². The smallest absolute Gasteiger partial charge is 0.245 e. The summed E-state index contributed by atoms with van der Waals surface area (Å²) < 4.78 is 6.36. The highest BCUT2D eigenvalue weighted by molar-refractivity contribution is 5.98. The third kappa shape index (κ3) is 4.60. The normalized spacial score (nSPS) is 31.2. The molecule has 2 unspecified atom stereocenters. The van der Waals surface area contributed by atoms with Crippen LogP contribution >= 0.6 is 0 Å². The quantitative estimate of drug-likeness (QED) is 0.377. The Morgan fingerprint density at radius 3 is 2.55 bits per heavy atom. The lowest BCUT2D eigenvalue weighted by Gasteiger charge is -2.33. The summed E-state index contributed by atoms with van der Waals surface area (Å²) in [5, 5.41) is 15.0. The number of nitrogens with zero attached hydrogens (tertiary/aromatic N) is 1. The molecule has 8 nitrogen and oxygen atoms in total. The number of aliphatic hydroxyl groups excluding tert-OH is 1. The van der Waals surface area contributed by atoms with Crippen molar-refractivity contribution < 1.29 is 24.2 Å². The van der Waals surface area contributed by atoms with Gasteiger partial charge < -0.3 is 25.4 Å².